The first-order chi connectivity index (χ1) is 13.1. The first-order valence-electron chi connectivity index (χ1n) is 10.6. The number of aldehydes is 1. The van der Waals surface area contributed by atoms with Gasteiger partial charge < -0.3 is 9.64 Å². The quantitative estimate of drug-likeness (QED) is 0.518. The van der Waals surface area contributed by atoms with Gasteiger partial charge in [-0.1, -0.05) is 20.3 Å². The van der Waals surface area contributed by atoms with Crippen LogP contribution < -0.4 is 0 Å². The molecule has 0 spiro atoms. The largest absolute Gasteiger partial charge is 0.444 e. The fraction of sp³-hybridized carbons (Fsp3) is 0.739. The van der Waals surface area contributed by atoms with E-state index in [1.807, 2.05) is 37.0 Å². The number of carbonyl (C=O) groups excluding carboxylic acids is 2. The standard InChI is InChI=1S/C23H37NO3S/c1-16(2)8-7-9-20-19(15-25)17(3)21(28-20)14-18-10-12-24(13-11-18)22(26)27-23(4,5)6/h15-16,18H,7-14H2,1-6H3. The second kappa shape index (κ2) is 9.91. The van der Waals surface area contributed by atoms with E-state index in [4.69, 9.17) is 4.74 Å². The lowest BCUT2D eigenvalue weighted by Gasteiger charge is -2.33. The average Bonchev–Trinajstić information content (AvgIpc) is 2.88. The van der Waals surface area contributed by atoms with Crippen molar-refractivity contribution in [1.82, 2.24) is 4.90 Å². The number of rotatable bonds is 7. The van der Waals surface area contributed by atoms with E-state index in [0.29, 0.717) is 11.8 Å². The predicted octanol–water partition coefficient (Wildman–Crippen LogP) is 6.04. The fourth-order valence-electron chi connectivity index (χ4n) is 3.75. The predicted molar refractivity (Wildman–Crippen MR) is 116 cm³/mol. The van der Waals surface area contributed by atoms with E-state index >= 15 is 0 Å². The summed E-state index contributed by atoms with van der Waals surface area (Å²) in [5.41, 5.74) is 1.66. The van der Waals surface area contributed by atoms with Crippen molar-refractivity contribution in [2.45, 2.75) is 85.7 Å². The highest BCUT2D eigenvalue weighted by Gasteiger charge is 2.28. The second-order valence-electron chi connectivity index (χ2n) is 9.51. The van der Waals surface area contributed by atoms with Gasteiger partial charge in [0.1, 0.15) is 5.60 Å². The minimum Gasteiger partial charge on any atom is -0.444 e. The van der Waals surface area contributed by atoms with E-state index in [-0.39, 0.29) is 6.09 Å². The third kappa shape index (κ3) is 6.61. The van der Waals surface area contributed by atoms with Gasteiger partial charge in [-0.25, -0.2) is 4.79 Å². The van der Waals surface area contributed by atoms with Gasteiger partial charge >= 0.3 is 6.09 Å². The van der Waals surface area contributed by atoms with Crippen LogP contribution in [0.2, 0.25) is 0 Å². The molecular formula is C23H37NO3S. The molecule has 1 amide bonds. The van der Waals surface area contributed by atoms with Crippen LogP contribution in [-0.4, -0.2) is 36.0 Å². The highest BCUT2D eigenvalue weighted by Crippen LogP contribution is 2.33. The van der Waals surface area contributed by atoms with Gasteiger partial charge in [-0.2, -0.15) is 0 Å². The van der Waals surface area contributed by atoms with Crippen molar-refractivity contribution in [2.24, 2.45) is 11.8 Å². The number of nitrogens with zero attached hydrogens (tertiary/aromatic N) is 1. The van der Waals surface area contributed by atoms with Crippen LogP contribution in [0.25, 0.3) is 0 Å². The minimum absolute atomic E-state index is 0.200. The molecule has 28 heavy (non-hydrogen) atoms. The van der Waals surface area contributed by atoms with Crippen LogP contribution in [-0.2, 0) is 17.6 Å². The van der Waals surface area contributed by atoms with Crippen LogP contribution >= 0.6 is 11.3 Å². The van der Waals surface area contributed by atoms with Gasteiger partial charge in [0, 0.05) is 28.4 Å². The van der Waals surface area contributed by atoms with Crippen molar-refractivity contribution >= 4 is 23.7 Å². The zero-order chi connectivity index (χ0) is 20.9. The average molecular weight is 408 g/mol. The van der Waals surface area contributed by atoms with E-state index < -0.39 is 5.60 Å². The summed E-state index contributed by atoms with van der Waals surface area (Å²) in [5, 5.41) is 0. The number of ether oxygens (including phenoxy) is 1. The molecule has 2 heterocycles. The summed E-state index contributed by atoms with van der Waals surface area (Å²) in [6, 6.07) is 0. The molecule has 0 saturated carbocycles. The van der Waals surface area contributed by atoms with Crippen LogP contribution in [0.4, 0.5) is 4.79 Å². The molecule has 0 aromatic carbocycles. The van der Waals surface area contributed by atoms with E-state index in [1.54, 1.807) is 0 Å². The maximum atomic E-state index is 12.2. The van der Waals surface area contributed by atoms with Crippen LogP contribution in [0.15, 0.2) is 0 Å². The number of likely N-dealkylation sites (tertiary alicyclic amines) is 1. The van der Waals surface area contributed by atoms with Gasteiger partial charge in [0.15, 0.2) is 6.29 Å². The molecule has 1 saturated heterocycles. The Morgan fingerprint density at radius 1 is 1.25 bits per heavy atom. The molecule has 1 aliphatic rings. The van der Waals surface area contributed by atoms with Gasteiger partial charge in [0.2, 0.25) is 0 Å². The second-order valence-corrected chi connectivity index (χ2v) is 10.7. The Labute approximate surface area is 174 Å². The molecule has 0 radical (unpaired) electrons. The van der Waals surface area contributed by atoms with Gasteiger partial charge in [0.05, 0.1) is 0 Å². The van der Waals surface area contributed by atoms with Crippen LogP contribution in [0.1, 0.15) is 86.0 Å². The zero-order valence-electron chi connectivity index (χ0n) is 18.5. The molecule has 1 aliphatic heterocycles. The van der Waals surface area contributed by atoms with Crippen molar-refractivity contribution < 1.29 is 14.3 Å². The Morgan fingerprint density at radius 2 is 1.89 bits per heavy atom. The highest BCUT2D eigenvalue weighted by molar-refractivity contribution is 7.12. The van der Waals surface area contributed by atoms with Crippen molar-refractivity contribution in [2.75, 3.05) is 13.1 Å². The summed E-state index contributed by atoms with van der Waals surface area (Å²) in [6.07, 6.45) is 7.21. The van der Waals surface area contributed by atoms with E-state index in [0.717, 1.165) is 57.0 Å². The number of hydrogen-bond acceptors (Lipinski definition) is 4. The Bertz CT molecular complexity index is 664. The normalized spacial score (nSPS) is 15.9. The van der Waals surface area contributed by atoms with E-state index in [9.17, 15) is 9.59 Å². The number of piperidine rings is 1. The zero-order valence-corrected chi connectivity index (χ0v) is 19.3. The number of hydrogen-bond donors (Lipinski definition) is 0. The van der Waals surface area contributed by atoms with Gasteiger partial charge in [-0.3, -0.25) is 4.79 Å². The van der Waals surface area contributed by atoms with Crippen molar-refractivity contribution in [3.8, 4) is 0 Å². The van der Waals surface area contributed by atoms with Gasteiger partial charge in [-0.05, 0) is 77.2 Å². The van der Waals surface area contributed by atoms with Crippen LogP contribution in [0, 0.1) is 18.8 Å². The lowest BCUT2D eigenvalue weighted by atomic mass is 9.91. The molecule has 1 fully saturated rings. The van der Waals surface area contributed by atoms with Gasteiger partial charge in [0.25, 0.3) is 0 Å². The first-order valence-corrected chi connectivity index (χ1v) is 11.5. The maximum absolute atomic E-state index is 12.2. The maximum Gasteiger partial charge on any atom is 0.410 e. The number of carbonyl (C=O) groups is 2. The molecule has 1 aromatic heterocycles. The van der Waals surface area contributed by atoms with Gasteiger partial charge in [-0.15, -0.1) is 11.3 Å². The first kappa shape index (κ1) is 22.9. The molecule has 5 heteroatoms. The summed E-state index contributed by atoms with van der Waals surface area (Å²) in [7, 11) is 0. The summed E-state index contributed by atoms with van der Waals surface area (Å²) >= 11 is 1.83. The molecule has 158 valence electrons. The molecule has 0 bridgehead atoms. The summed E-state index contributed by atoms with van der Waals surface area (Å²) < 4.78 is 5.49. The molecule has 2 rings (SSSR count). The minimum atomic E-state index is -0.445. The summed E-state index contributed by atoms with van der Waals surface area (Å²) in [4.78, 5) is 28.3. The van der Waals surface area contributed by atoms with Crippen molar-refractivity contribution in [1.29, 1.82) is 0 Å². The molecular weight excluding hydrogens is 370 g/mol. The van der Waals surface area contributed by atoms with Crippen LogP contribution in [0.3, 0.4) is 0 Å². The van der Waals surface area contributed by atoms with E-state index in [1.165, 1.54) is 21.7 Å². The highest BCUT2D eigenvalue weighted by atomic mass is 32.1. The number of thiophene rings is 1. The molecule has 0 atom stereocenters. The molecule has 0 unspecified atom stereocenters. The molecule has 0 N–H and O–H groups in total. The van der Waals surface area contributed by atoms with Crippen molar-refractivity contribution in [3.63, 3.8) is 0 Å². The Balaban J connectivity index is 1.93. The lowest BCUT2D eigenvalue weighted by Crippen LogP contribution is -2.42. The topological polar surface area (TPSA) is 46.6 Å². The lowest BCUT2D eigenvalue weighted by molar-refractivity contribution is 0.0184. The number of amides is 1. The summed E-state index contributed by atoms with van der Waals surface area (Å²) in [5.74, 6) is 1.27. The van der Waals surface area contributed by atoms with Crippen LogP contribution in [0.5, 0.6) is 0 Å². The van der Waals surface area contributed by atoms with E-state index in [2.05, 4.69) is 20.8 Å². The fourth-order valence-corrected chi connectivity index (χ4v) is 5.19. The van der Waals surface area contributed by atoms with Crippen molar-refractivity contribution in [3.05, 3.63) is 20.9 Å². The smallest absolute Gasteiger partial charge is 0.410 e. The monoisotopic (exact) mass is 407 g/mol. The summed E-state index contributed by atoms with van der Waals surface area (Å²) in [6.45, 7) is 13.8. The molecule has 4 nitrogen and oxygen atoms in total. The number of aryl methyl sites for hydroxylation is 1. The third-order valence-corrected chi connectivity index (χ3v) is 6.80. The Morgan fingerprint density at radius 3 is 2.43 bits per heavy atom. The third-order valence-electron chi connectivity index (χ3n) is 5.41. The Hall–Kier alpha value is -1.36. The SMILES string of the molecule is Cc1c(CC2CCN(C(=O)OC(C)(C)C)CC2)sc(CCCC(C)C)c1C=O. The Kier molecular flexibility index (Phi) is 8.11. The molecule has 0 aliphatic carbocycles. The molecule has 1 aromatic rings.